The number of hydrogen-bond donors (Lipinski definition) is 1. The van der Waals surface area contributed by atoms with Gasteiger partial charge in [0, 0.05) is 6.04 Å². The van der Waals surface area contributed by atoms with Crippen molar-refractivity contribution >= 4 is 0 Å². The van der Waals surface area contributed by atoms with Crippen LogP contribution in [-0.4, -0.2) is 12.6 Å². The maximum atomic E-state index is 3.65. The Balaban J connectivity index is 1.95. The zero-order valence-corrected chi connectivity index (χ0v) is 13.7. The highest BCUT2D eigenvalue weighted by Crippen LogP contribution is 2.35. The van der Waals surface area contributed by atoms with Gasteiger partial charge in [0.05, 0.1) is 0 Å². The fourth-order valence-electron chi connectivity index (χ4n) is 3.75. The van der Waals surface area contributed by atoms with Crippen LogP contribution in [0.2, 0.25) is 0 Å². The van der Waals surface area contributed by atoms with Gasteiger partial charge >= 0.3 is 0 Å². The molecule has 1 heteroatoms. The van der Waals surface area contributed by atoms with E-state index >= 15 is 0 Å². The van der Waals surface area contributed by atoms with Gasteiger partial charge in [-0.1, -0.05) is 78.6 Å². The standard InChI is InChI=1S/C18H37N/c1-4-6-7-8-9-10-11-12-13-17-14-15-18(16(17)3)19-5-2/h16-19H,4-15H2,1-3H3. The maximum Gasteiger partial charge on any atom is 0.00953 e. The lowest BCUT2D eigenvalue weighted by Crippen LogP contribution is -2.32. The molecule has 0 saturated heterocycles. The van der Waals surface area contributed by atoms with Crippen molar-refractivity contribution in [2.45, 2.75) is 97.4 Å². The van der Waals surface area contributed by atoms with Crippen molar-refractivity contribution in [3.63, 3.8) is 0 Å². The van der Waals surface area contributed by atoms with Crippen molar-refractivity contribution < 1.29 is 0 Å². The van der Waals surface area contributed by atoms with Crippen LogP contribution in [0.5, 0.6) is 0 Å². The summed E-state index contributed by atoms with van der Waals surface area (Å²) in [5, 5.41) is 3.65. The average molecular weight is 268 g/mol. The van der Waals surface area contributed by atoms with Crippen LogP contribution in [0.15, 0.2) is 0 Å². The molecule has 0 spiro atoms. The average Bonchev–Trinajstić information content (AvgIpc) is 2.75. The van der Waals surface area contributed by atoms with Crippen LogP contribution in [0.3, 0.4) is 0 Å². The lowest BCUT2D eigenvalue weighted by molar-refractivity contribution is 0.330. The summed E-state index contributed by atoms with van der Waals surface area (Å²) in [6, 6.07) is 0.809. The molecule has 0 amide bonds. The van der Waals surface area contributed by atoms with Crippen LogP contribution in [0.4, 0.5) is 0 Å². The van der Waals surface area contributed by atoms with Gasteiger partial charge in [-0.05, 0) is 31.2 Å². The van der Waals surface area contributed by atoms with Gasteiger partial charge in [-0.25, -0.2) is 0 Å². The van der Waals surface area contributed by atoms with Gasteiger partial charge in [-0.3, -0.25) is 0 Å². The van der Waals surface area contributed by atoms with Gasteiger partial charge in [-0.15, -0.1) is 0 Å². The smallest absolute Gasteiger partial charge is 0.00953 e. The van der Waals surface area contributed by atoms with E-state index in [1.165, 1.54) is 70.6 Å². The predicted octanol–water partition coefficient (Wildman–Crippen LogP) is 5.54. The second-order valence-corrected chi connectivity index (χ2v) is 6.62. The molecular formula is C18H37N. The van der Waals surface area contributed by atoms with Crippen LogP contribution in [0.1, 0.15) is 91.4 Å². The summed E-state index contributed by atoms with van der Waals surface area (Å²) < 4.78 is 0. The monoisotopic (exact) mass is 267 g/mol. The largest absolute Gasteiger partial charge is 0.314 e. The first kappa shape index (κ1) is 17.0. The second kappa shape index (κ2) is 10.7. The highest BCUT2D eigenvalue weighted by molar-refractivity contribution is 4.86. The Morgan fingerprint density at radius 2 is 1.47 bits per heavy atom. The third kappa shape index (κ3) is 6.79. The Morgan fingerprint density at radius 3 is 2.11 bits per heavy atom. The lowest BCUT2D eigenvalue weighted by Gasteiger charge is -2.21. The fraction of sp³-hybridized carbons (Fsp3) is 1.00. The van der Waals surface area contributed by atoms with E-state index in [1.807, 2.05) is 0 Å². The molecule has 0 bridgehead atoms. The third-order valence-corrected chi connectivity index (χ3v) is 5.12. The number of rotatable bonds is 11. The van der Waals surface area contributed by atoms with Gasteiger partial charge < -0.3 is 5.32 Å². The van der Waals surface area contributed by atoms with Crippen LogP contribution in [-0.2, 0) is 0 Å². The summed E-state index contributed by atoms with van der Waals surface area (Å²) in [5.41, 5.74) is 0. The zero-order valence-electron chi connectivity index (χ0n) is 13.7. The molecule has 1 aliphatic carbocycles. The minimum atomic E-state index is 0.809. The van der Waals surface area contributed by atoms with Gasteiger partial charge in [0.2, 0.25) is 0 Å². The Bertz CT molecular complexity index is 202. The molecule has 1 N–H and O–H groups in total. The first-order valence-electron chi connectivity index (χ1n) is 9.03. The summed E-state index contributed by atoms with van der Waals surface area (Å²) in [4.78, 5) is 0. The normalized spacial score (nSPS) is 27.0. The molecule has 1 rings (SSSR count). The summed E-state index contributed by atoms with van der Waals surface area (Å²) in [6.07, 6.45) is 16.0. The van der Waals surface area contributed by atoms with E-state index in [4.69, 9.17) is 0 Å². The van der Waals surface area contributed by atoms with Gasteiger partial charge in [0.15, 0.2) is 0 Å². The summed E-state index contributed by atoms with van der Waals surface area (Å²) in [6.45, 7) is 8.14. The van der Waals surface area contributed by atoms with Crippen LogP contribution < -0.4 is 5.32 Å². The minimum Gasteiger partial charge on any atom is -0.314 e. The topological polar surface area (TPSA) is 12.0 Å². The van der Waals surface area contributed by atoms with Gasteiger partial charge in [0.25, 0.3) is 0 Å². The second-order valence-electron chi connectivity index (χ2n) is 6.62. The SMILES string of the molecule is CCCCCCCCCCC1CCC(NCC)C1C. The van der Waals surface area contributed by atoms with E-state index in [0.717, 1.165) is 24.4 Å². The van der Waals surface area contributed by atoms with Gasteiger partial charge in [0.1, 0.15) is 0 Å². The molecule has 0 aromatic heterocycles. The summed E-state index contributed by atoms with van der Waals surface area (Å²) in [7, 11) is 0. The number of nitrogens with one attached hydrogen (secondary N) is 1. The molecule has 0 radical (unpaired) electrons. The third-order valence-electron chi connectivity index (χ3n) is 5.12. The quantitative estimate of drug-likeness (QED) is 0.485. The molecule has 3 unspecified atom stereocenters. The highest BCUT2D eigenvalue weighted by Gasteiger charge is 2.31. The fourth-order valence-corrected chi connectivity index (χ4v) is 3.75. The molecule has 1 fully saturated rings. The molecule has 3 atom stereocenters. The van der Waals surface area contributed by atoms with Crippen molar-refractivity contribution in [2.24, 2.45) is 11.8 Å². The molecule has 114 valence electrons. The molecule has 0 heterocycles. The Labute approximate surface area is 121 Å². The Morgan fingerprint density at radius 1 is 0.842 bits per heavy atom. The Kier molecular flexibility index (Phi) is 9.59. The van der Waals surface area contributed by atoms with E-state index in [2.05, 4.69) is 26.1 Å². The lowest BCUT2D eigenvalue weighted by atomic mass is 9.90. The summed E-state index contributed by atoms with van der Waals surface area (Å²) in [5.74, 6) is 1.91. The van der Waals surface area contributed by atoms with E-state index in [0.29, 0.717) is 0 Å². The molecule has 1 saturated carbocycles. The molecule has 0 aliphatic heterocycles. The van der Waals surface area contributed by atoms with Crippen molar-refractivity contribution in [3.8, 4) is 0 Å². The molecule has 0 aromatic rings. The molecular weight excluding hydrogens is 230 g/mol. The minimum absolute atomic E-state index is 0.809. The first-order chi connectivity index (χ1) is 9.29. The van der Waals surface area contributed by atoms with Crippen LogP contribution in [0.25, 0.3) is 0 Å². The van der Waals surface area contributed by atoms with E-state index in [9.17, 15) is 0 Å². The van der Waals surface area contributed by atoms with Crippen molar-refractivity contribution in [2.75, 3.05) is 6.54 Å². The zero-order chi connectivity index (χ0) is 13.9. The maximum absolute atomic E-state index is 3.65. The van der Waals surface area contributed by atoms with Crippen molar-refractivity contribution in [1.29, 1.82) is 0 Å². The van der Waals surface area contributed by atoms with E-state index in [-0.39, 0.29) is 0 Å². The van der Waals surface area contributed by atoms with Crippen molar-refractivity contribution in [3.05, 3.63) is 0 Å². The van der Waals surface area contributed by atoms with E-state index in [1.54, 1.807) is 0 Å². The predicted molar refractivity (Wildman–Crippen MR) is 86.6 cm³/mol. The molecule has 0 aromatic carbocycles. The van der Waals surface area contributed by atoms with Crippen LogP contribution in [0, 0.1) is 11.8 Å². The Hall–Kier alpha value is -0.0400. The first-order valence-corrected chi connectivity index (χ1v) is 9.03. The highest BCUT2D eigenvalue weighted by atomic mass is 14.9. The molecule has 19 heavy (non-hydrogen) atoms. The number of hydrogen-bond acceptors (Lipinski definition) is 1. The summed E-state index contributed by atoms with van der Waals surface area (Å²) >= 11 is 0. The molecule has 1 nitrogen and oxygen atoms in total. The number of unbranched alkanes of at least 4 members (excludes halogenated alkanes) is 7. The van der Waals surface area contributed by atoms with Gasteiger partial charge in [-0.2, -0.15) is 0 Å². The van der Waals surface area contributed by atoms with Crippen molar-refractivity contribution in [1.82, 2.24) is 5.32 Å². The van der Waals surface area contributed by atoms with Crippen LogP contribution >= 0.6 is 0 Å². The van der Waals surface area contributed by atoms with E-state index < -0.39 is 0 Å². The molecule has 1 aliphatic rings.